The molecule has 0 aliphatic carbocycles. The Labute approximate surface area is 118 Å². The Balaban J connectivity index is 1.97. The topological polar surface area (TPSA) is 35.2 Å². The number of hydrogen-bond donors (Lipinski definition) is 1. The molecule has 0 fully saturated rings. The highest BCUT2D eigenvalue weighted by Crippen LogP contribution is 2.32. The monoisotopic (exact) mass is 271 g/mol. The smallest absolute Gasteiger partial charge is 0.123 e. The summed E-state index contributed by atoms with van der Waals surface area (Å²) < 4.78 is 19.1. The second-order valence-corrected chi connectivity index (χ2v) is 5.48. The molecule has 2 aromatic carbocycles. The van der Waals surface area contributed by atoms with Gasteiger partial charge in [0.25, 0.3) is 0 Å². The van der Waals surface area contributed by atoms with Crippen molar-refractivity contribution in [2.45, 2.75) is 32.4 Å². The van der Waals surface area contributed by atoms with Crippen LogP contribution in [-0.4, -0.2) is 6.10 Å². The third kappa shape index (κ3) is 2.29. The van der Waals surface area contributed by atoms with Gasteiger partial charge < -0.3 is 10.5 Å². The lowest BCUT2D eigenvalue weighted by Crippen LogP contribution is -2.13. The molecule has 0 spiro atoms. The van der Waals surface area contributed by atoms with Gasteiger partial charge in [-0.25, -0.2) is 4.39 Å². The lowest BCUT2D eigenvalue weighted by molar-refractivity contribution is 0.254. The predicted octanol–water partition coefficient (Wildman–Crippen LogP) is 3.51. The molecule has 1 aliphatic rings. The second-order valence-electron chi connectivity index (χ2n) is 5.48. The van der Waals surface area contributed by atoms with Crippen molar-refractivity contribution in [1.29, 1.82) is 0 Å². The van der Waals surface area contributed by atoms with Crippen LogP contribution in [0.5, 0.6) is 5.75 Å². The van der Waals surface area contributed by atoms with E-state index in [0.29, 0.717) is 0 Å². The van der Waals surface area contributed by atoms with Crippen LogP contribution in [0.25, 0.3) is 0 Å². The van der Waals surface area contributed by atoms with E-state index >= 15 is 0 Å². The standard InChI is InChI=1S/C17H18FNO/c1-10-3-5-14(18)9-15(10)17(19)12-4-6-16-13(8-12)7-11(2)20-16/h3-6,8-9,11,17H,7,19H2,1-2H3. The van der Waals surface area contributed by atoms with Crippen molar-refractivity contribution in [3.63, 3.8) is 0 Å². The summed E-state index contributed by atoms with van der Waals surface area (Å²) in [6.07, 6.45) is 1.12. The highest BCUT2D eigenvalue weighted by atomic mass is 19.1. The summed E-state index contributed by atoms with van der Waals surface area (Å²) in [5.41, 5.74) is 10.3. The van der Waals surface area contributed by atoms with Gasteiger partial charge in [-0.15, -0.1) is 0 Å². The highest BCUT2D eigenvalue weighted by Gasteiger charge is 2.21. The third-order valence-electron chi connectivity index (χ3n) is 3.86. The van der Waals surface area contributed by atoms with Gasteiger partial charge in [0, 0.05) is 6.42 Å². The van der Waals surface area contributed by atoms with Gasteiger partial charge in [0.15, 0.2) is 0 Å². The van der Waals surface area contributed by atoms with Crippen LogP contribution >= 0.6 is 0 Å². The number of halogens is 1. The van der Waals surface area contributed by atoms with Crippen LogP contribution in [0, 0.1) is 12.7 Å². The first kappa shape index (κ1) is 13.1. The molecule has 2 N–H and O–H groups in total. The molecule has 2 aromatic rings. The minimum atomic E-state index is -0.313. The van der Waals surface area contributed by atoms with Gasteiger partial charge in [0.1, 0.15) is 17.7 Å². The lowest BCUT2D eigenvalue weighted by atomic mass is 9.94. The maximum absolute atomic E-state index is 13.4. The fourth-order valence-corrected chi connectivity index (χ4v) is 2.76. The average Bonchev–Trinajstić information content (AvgIpc) is 2.79. The Morgan fingerprint density at radius 2 is 2.05 bits per heavy atom. The van der Waals surface area contributed by atoms with E-state index < -0.39 is 0 Å². The van der Waals surface area contributed by atoms with Crippen LogP contribution in [0.3, 0.4) is 0 Å². The maximum Gasteiger partial charge on any atom is 0.123 e. The number of aryl methyl sites for hydroxylation is 1. The number of rotatable bonds is 2. The molecule has 1 aliphatic heterocycles. The van der Waals surface area contributed by atoms with Crippen molar-refractivity contribution in [2.24, 2.45) is 5.73 Å². The summed E-state index contributed by atoms with van der Waals surface area (Å²) in [7, 11) is 0. The van der Waals surface area contributed by atoms with Gasteiger partial charge in [0.05, 0.1) is 6.04 Å². The summed E-state index contributed by atoms with van der Waals surface area (Å²) in [6, 6.07) is 10.4. The second kappa shape index (κ2) is 4.91. The first-order valence-corrected chi connectivity index (χ1v) is 6.85. The third-order valence-corrected chi connectivity index (χ3v) is 3.86. The zero-order chi connectivity index (χ0) is 14.3. The highest BCUT2D eigenvalue weighted by molar-refractivity contribution is 5.45. The van der Waals surface area contributed by atoms with Gasteiger partial charge >= 0.3 is 0 Å². The van der Waals surface area contributed by atoms with E-state index in [0.717, 1.165) is 28.9 Å². The number of fused-ring (bicyclic) bond motifs is 1. The molecule has 2 nitrogen and oxygen atoms in total. The molecule has 0 aromatic heterocycles. The van der Waals surface area contributed by atoms with Gasteiger partial charge in [0.2, 0.25) is 0 Å². The Morgan fingerprint density at radius 3 is 2.85 bits per heavy atom. The van der Waals surface area contributed by atoms with E-state index in [4.69, 9.17) is 10.5 Å². The van der Waals surface area contributed by atoms with E-state index in [-0.39, 0.29) is 18.0 Å². The van der Waals surface area contributed by atoms with Crippen molar-refractivity contribution in [2.75, 3.05) is 0 Å². The van der Waals surface area contributed by atoms with E-state index in [2.05, 4.69) is 13.0 Å². The molecule has 2 unspecified atom stereocenters. The molecule has 0 bridgehead atoms. The molecule has 0 saturated carbocycles. The molecule has 0 amide bonds. The van der Waals surface area contributed by atoms with Crippen molar-refractivity contribution < 1.29 is 9.13 Å². The normalized spacial score (nSPS) is 18.5. The molecule has 1 heterocycles. The van der Waals surface area contributed by atoms with Crippen molar-refractivity contribution in [3.05, 3.63) is 64.5 Å². The Hall–Kier alpha value is -1.87. The predicted molar refractivity (Wildman–Crippen MR) is 77.4 cm³/mol. The number of benzene rings is 2. The van der Waals surface area contributed by atoms with E-state index in [1.165, 1.54) is 17.7 Å². The average molecular weight is 271 g/mol. The van der Waals surface area contributed by atoms with E-state index in [9.17, 15) is 4.39 Å². The van der Waals surface area contributed by atoms with E-state index in [1.807, 2.05) is 19.1 Å². The Kier molecular flexibility index (Phi) is 3.22. The SMILES string of the molecule is Cc1ccc(F)cc1C(N)c1ccc2c(c1)CC(C)O2. The minimum absolute atomic E-state index is 0.215. The molecule has 0 saturated heterocycles. The van der Waals surface area contributed by atoms with Crippen LogP contribution in [0.2, 0.25) is 0 Å². The van der Waals surface area contributed by atoms with Gasteiger partial charge in [-0.2, -0.15) is 0 Å². The number of hydrogen-bond acceptors (Lipinski definition) is 2. The van der Waals surface area contributed by atoms with Crippen LogP contribution in [-0.2, 0) is 6.42 Å². The van der Waals surface area contributed by atoms with Crippen molar-refractivity contribution >= 4 is 0 Å². The molecule has 104 valence electrons. The molecule has 20 heavy (non-hydrogen) atoms. The molecule has 3 rings (SSSR count). The number of ether oxygens (including phenoxy) is 1. The fraction of sp³-hybridized carbons (Fsp3) is 0.294. The molecule has 0 radical (unpaired) electrons. The first-order chi connectivity index (χ1) is 9.54. The van der Waals surface area contributed by atoms with Crippen LogP contribution < -0.4 is 10.5 Å². The van der Waals surface area contributed by atoms with Crippen molar-refractivity contribution in [3.8, 4) is 5.75 Å². The summed E-state index contributed by atoms with van der Waals surface area (Å²) >= 11 is 0. The van der Waals surface area contributed by atoms with Crippen LogP contribution in [0.15, 0.2) is 36.4 Å². The summed E-state index contributed by atoms with van der Waals surface area (Å²) in [6.45, 7) is 4.00. The molecular formula is C17H18FNO. The van der Waals surface area contributed by atoms with E-state index in [1.54, 1.807) is 6.07 Å². The van der Waals surface area contributed by atoms with Gasteiger partial charge in [-0.3, -0.25) is 0 Å². The van der Waals surface area contributed by atoms with Gasteiger partial charge in [-0.05, 0) is 54.3 Å². The summed E-state index contributed by atoms with van der Waals surface area (Å²) in [5, 5.41) is 0. The zero-order valence-electron chi connectivity index (χ0n) is 11.7. The quantitative estimate of drug-likeness (QED) is 0.907. The molecular weight excluding hydrogens is 253 g/mol. The Morgan fingerprint density at radius 1 is 1.25 bits per heavy atom. The Bertz CT molecular complexity index is 653. The number of nitrogens with two attached hydrogens (primary N) is 1. The van der Waals surface area contributed by atoms with Crippen molar-refractivity contribution in [1.82, 2.24) is 0 Å². The largest absolute Gasteiger partial charge is 0.490 e. The van der Waals surface area contributed by atoms with Crippen LogP contribution in [0.4, 0.5) is 4.39 Å². The van der Waals surface area contributed by atoms with Gasteiger partial charge in [-0.1, -0.05) is 18.2 Å². The van der Waals surface area contributed by atoms with Crippen LogP contribution in [0.1, 0.15) is 35.2 Å². The minimum Gasteiger partial charge on any atom is -0.490 e. The lowest BCUT2D eigenvalue weighted by Gasteiger charge is -2.16. The fourth-order valence-electron chi connectivity index (χ4n) is 2.76. The zero-order valence-corrected chi connectivity index (χ0v) is 11.7. The summed E-state index contributed by atoms with van der Waals surface area (Å²) in [5.74, 6) is 0.684. The maximum atomic E-state index is 13.4. The summed E-state index contributed by atoms with van der Waals surface area (Å²) in [4.78, 5) is 0. The molecule has 3 heteroatoms. The first-order valence-electron chi connectivity index (χ1n) is 6.85. The molecule has 2 atom stereocenters.